The minimum absolute atomic E-state index is 0.0521. The molecule has 29 heavy (non-hydrogen) atoms. The zero-order chi connectivity index (χ0) is 21.0. The van der Waals surface area contributed by atoms with Crippen LogP contribution in [0.5, 0.6) is 0 Å². The first-order chi connectivity index (χ1) is 13.8. The molecular weight excluding hydrogens is 370 g/mol. The molecule has 3 amide bonds. The fourth-order valence-electron chi connectivity index (χ4n) is 3.76. The topological polar surface area (TPSA) is 90.0 Å². The summed E-state index contributed by atoms with van der Waals surface area (Å²) in [6.07, 6.45) is 0.966. The van der Waals surface area contributed by atoms with Crippen LogP contribution in [0.4, 0.5) is 4.79 Å². The van der Waals surface area contributed by atoms with Gasteiger partial charge in [0.2, 0.25) is 5.91 Å². The number of urea groups is 1. The fourth-order valence-corrected chi connectivity index (χ4v) is 3.76. The van der Waals surface area contributed by atoms with Gasteiger partial charge in [-0.15, -0.1) is 0 Å². The largest absolute Gasteiger partial charge is 0.481 e. The molecule has 2 aromatic carbocycles. The Morgan fingerprint density at radius 3 is 2.38 bits per heavy atom. The molecule has 7 heteroatoms. The number of hydrogen-bond acceptors (Lipinski definition) is 3. The van der Waals surface area contributed by atoms with Crippen LogP contribution in [0.2, 0.25) is 0 Å². The van der Waals surface area contributed by atoms with Gasteiger partial charge in [-0.3, -0.25) is 9.59 Å². The molecule has 154 valence electrons. The van der Waals surface area contributed by atoms with Gasteiger partial charge in [0, 0.05) is 33.1 Å². The summed E-state index contributed by atoms with van der Waals surface area (Å²) < 4.78 is 0. The number of carbonyl (C=O) groups is 3. The molecule has 1 saturated heterocycles. The van der Waals surface area contributed by atoms with E-state index in [2.05, 4.69) is 5.32 Å². The molecule has 2 aromatic rings. The lowest BCUT2D eigenvalue weighted by atomic mass is 9.94. The Balaban J connectivity index is 1.69. The standard InChI is InChI=1S/C22H27N3O4/c1-24(2)22(29)25-11-9-16(10-12-25)21(28)23-19(14-20(26)27)18-8-7-15-5-3-4-6-17(15)13-18/h3-8,13,16,19H,9-12,14H2,1-2H3,(H,23,28)(H,26,27)/t19-/m0/s1. The quantitative estimate of drug-likeness (QED) is 0.812. The number of nitrogens with one attached hydrogen (secondary N) is 1. The van der Waals surface area contributed by atoms with Gasteiger partial charge in [0.05, 0.1) is 12.5 Å². The highest BCUT2D eigenvalue weighted by atomic mass is 16.4. The van der Waals surface area contributed by atoms with Gasteiger partial charge in [-0.2, -0.15) is 0 Å². The minimum atomic E-state index is -0.963. The highest BCUT2D eigenvalue weighted by molar-refractivity contribution is 5.84. The van der Waals surface area contributed by atoms with E-state index in [4.69, 9.17) is 0 Å². The molecular formula is C22H27N3O4. The van der Waals surface area contributed by atoms with Crippen LogP contribution < -0.4 is 5.32 Å². The Hall–Kier alpha value is -3.09. The molecule has 1 heterocycles. The van der Waals surface area contributed by atoms with Crippen molar-refractivity contribution >= 4 is 28.7 Å². The summed E-state index contributed by atoms with van der Waals surface area (Å²) in [6, 6.07) is 12.9. The van der Waals surface area contributed by atoms with Crippen molar-refractivity contribution < 1.29 is 19.5 Å². The molecule has 0 saturated carbocycles. The lowest BCUT2D eigenvalue weighted by Gasteiger charge is -2.33. The first kappa shape index (κ1) is 20.6. The Labute approximate surface area is 170 Å². The van der Waals surface area contributed by atoms with Gasteiger partial charge in [0.25, 0.3) is 0 Å². The molecule has 1 fully saturated rings. The zero-order valence-corrected chi connectivity index (χ0v) is 16.8. The molecule has 0 unspecified atom stereocenters. The van der Waals surface area contributed by atoms with Crippen LogP contribution in [-0.4, -0.2) is 60.0 Å². The molecule has 1 aliphatic heterocycles. The second-order valence-corrected chi connectivity index (χ2v) is 7.70. The number of rotatable bonds is 5. The predicted octanol–water partition coefficient (Wildman–Crippen LogP) is 2.87. The predicted molar refractivity (Wildman–Crippen MR) is 110 cm³/mol. The number of carbonyl (C=O) groups excluding carboxylic acids is 2. The molecule has 2 N–H and O–H groups in total. The third-order valence-electron chi connectivity index (χ3n) is 5.39. The summed E-state index contributed by atoms with van der Waals surface area (Å²) in [5, 5.41) is 14.3. The fraction of sp³-hybridized carbons (Fsp3) is 0.409. The van der Waals surface area contributed by atoms with Gasteiger partial charge in [-0.05, 0) is 35.2 Å². The van der Waals surface area contributed by atoms with E-state index in [0.29, 0.717) is 25.9 Å². The van der Waals surface area contributed by atoms with Crippen molar-refractivity contribution in [2.45, 2.75) is 25.3 Å². The van der Waals surface area contributed by atoms with Crippen LogP contribution in [0.3, 0.4) is 0 Å². The van der Waals surface area contributed by atoms with Gasteiger partial charge in [0.15, 0.2) is 0 Å². The van der Waals surface area contributed by atoms with Crippen LogP contribution in [0.25, 0.3) is 10.8 Å². The van der Waals surface area contributed by atoms with Crippen molar-refractivity contribution in [3.05, 3.63) is 48.0 Å². The van der Waals surface area contributed by atoms with Crippen LogP contribution in [0.1, 0.15) is 30.9 Å². The maximum Gasteiger partial charge on any atom is 0.319 e. The van der Waals surface area contributed by atoms with Crippen molar-refractivity contribution in [3.63, 3.8) is 0 Å². The number of amides is 3. The molecule has 0 aromatic heterocycles. The Morgan fingerprint density at radius 1 is 1.10 bits per heavy atom. The summed E-state index contributed by atoms with van der Waals surface area (Å²) in [6.45, 7) is 1.04. The second-order valence-electron chi connectivity index (χ2n) is 7.70. The Kier molecular flexibility index (Phi) is 6.36. The highest BCUT2D eigenvalue weighted by Gasteiger charge is 2.29. The maximum atomic E-state index is 12.8. The van der Waals surface area contributed by atoms with Crippen LogP contribution in [0.15, 0.2) is 42.5 Å². The summed E-state index contributed by atoms with van der Waals surface area (Å²) in [4.78, 5) is 39.5. The van der Waals surface area contributed by atoms with Gasteiger partial charge >= 0.3 is 12.0 Å². The van der Waals surface area contributed by atoms with Crippen molar-refractivity contribution in [2.75, 3.05) is 27.2 Å². The van der Waals surface area contributed by atoms with Gasteiger partial charge in [-0.25, -0.2) is 4.79 Å². The molecule has 0 aliphatic carbocycles. The van der Waals surface area contributed by atoms with Crippen LogP contribution in [-0.2, 0) is 9.59 Å². The average Bonchev–Trinajstić information content (AvgIpc) is 2.72. The van der Waals surface area contributed by atoms with Gasteiger partial charge in [-0.1, -0.05) is 36.4 Å². The monoisotopic (exact) mass is 397 g/mol. The van der Waals surface area contributed by atoms with E-state index in [1.54, 1.807) is 19.0 Å². The van der Waals surface area contributed by atoms with Crippen molar-refractivity contribution in [2.24, 2.45) is 5.92 Å². The number of nitrogens with zero attached hydrogens (tertiary/aromatic N) is 2. The van der Waals surface area contributed by atoms with Gasteiger partial charge in [0.1, 0.15) is 0 Å². The van der Waals surface area contributed by atoms with Crippen molar-refractivity contribution in [3.8, 4) is 0 Å². The second kappa shape index (κ2) is 8.94. The number of fused-ring (bicyclic) bond motifs is 1. The van der Waals surface area contributed by atoms with E-state index < -0.39 is 12.0 Å². The first-order valence-electron chi connectivity index (χ1n) is 9.82. The zero-order valence-electron chi connectivity index (χ0n) is 16.8. The number of likely N-dealkylation sites (tertiary alicyclic amines) is 1. The highest BCUT2D eigenvalue weighted by Crippen LogP contribution is 2.25. The SMILES string of the molecule is CN(C)C(=O)N1CCC(C(=O)N[C@@H](CC(=O)O)c2ccc3ccccc3c2)CC1. The van der Waals surface area contributed by atoms with E-state index in [-0.39, 0.29) is 24.3 Å². The Morgan fingerprint density at radius 2 is 1.76 bits per heavy atom. The van der Waals surface area contributed by atoms with E-state index in [9.17, 15) is 19.5 Å². The molecule has 3 rings (SSSR count). The van der Waals surface area contributed by atoms with E-state index in [1.807, 2.05) is 42.5 Å². The normalized spacial score (nSPS) is 15.7. The Bertz CT molecular complexity index is 904. The molecule has 1 aliphatic rings. The average molecular weight is 397 g/mol. The summed E-state index contributed by atoms with van der Waals surface area (Å²) >= 11 is 0. The van der Waals surface area contributed by atoms with Crippen molar-refractivity contribution in [1.29, 1.82) is 0 Å². The first-order valence-corrected chi connectivity index (χ1v) is 9.82. The van der Waals surface area contributed by atoms with Gasteiger partial charge < -0.3 is 20.2 Å². The third-order valence-corrected chi connectivity index (χ3v) is 5.39. The minimum Gasteiger partial charge on any atom is -0.481 e. The number of benzene rings is 2. The molecule has 0 radical (unpaired) electrons. The smallest absolute Gasteiger partial charge is 0.319 e. The summed E-state index contributed by atoms with van der Waals surface area (Å²) in [5.74, 6) is -1.34. The summed E-state index contributed by atoms with van der Waals surface area (Å²) in [7, 11) is 3.42. The van der Waals surface area contributed by atoms with E-state index in [1.165, 1.54) is 4.90 Å². The summed E-state index contributed by atoms with van der Waals surface area (Å²) in [5.41, 5.74) is 0.777. The maximum absolute atomic E-state index is 12.8. The number of carboxylic acids is 1. The lowest BCUT2D eigenvalue weighted by Crippen LogP contribution is -2.46. The third kappa shape index (κ3) is 5.04. The van der Waals surface area contributed by atoms with E-state index >= 15 is 0 Å². The molecule has 7 nitrogen and oxygen atoms in total. The van der Waals surface area contributed by atoms with Crippen molar-refractivity contribution in [1.82, 2.24) is 15.1 Å². The number of hydrogen-bond donors (Lipinski definition) is 2. The molecule has 0 spiro atoms. The van der Waals surface area contributed by atoms with Crippen LogP contribution in [0, 0.1) is 5.92 Å². The molecule has 0 bridgehead atoms. The van der Waals surface area contributed by atoms with Crippen LogP contribution >= 0.6 is 0 Å². The molecule has 1 atom stereocenters. The number of aliphatic carboxylic acids is 1. The number of piperidine rings is 1. The van der Waals surface area contributed by atoms with E-state index in [0.717, 1.165) is 16.3 Å². The lowest BCUT2D eigenvalue weighted by molar-refractivity contribution is -0.138. The number of carboxylic acid groups (broad SMARTS) is 1.